The van der Waals surface area contributed by atoms with E-state index in [0.717, 1.165) is 44.1 Å². The van der Waals surface area contributed by atoms with Crippen molar-refractivity contribution in [1.82, 2.24) is 15.3 Å². The zero-order chi connectivity index (χ0) is 14.1. The van der Waals surface area contributed by atoms with E-state index >= 15 is 0 Å². The van der Waals surface area contributed by atoms with E-state index in [-0.39, 0.29) is 0 Å². The summed E-state index contributed by atoms with van der Waals surface area (Å²) in [4.78, 5) is 11.1. The Morgan fingerprint density at radius 3 is 2.84 bits per heavy atom. The first-order chi connectivity index (χ1) is 9.17. The van der Waals surface area contributed by atoms with Gasteiger partial charge in [0, 0.05) is 25.8 Å². The molecule has 0 aliphatic carbocycles. The Hall–Kier alpha value is -1.42. The maximum absolute atomic E-state index is 4.66. The van der Waals surface area contributed by atoms with Crippen LogP contribution in [0, 0.1) is 5.92 Å². The first-order valence-corrected chi connectivity index (χ1v) is 7.04. The Kier molecular flexibility index (Phi) is 7.11. The van der Waals surface area contributed by atoms with Gasteiger partial charge in [0.05, 0.1) is 11.9 Å². The Labute approximate surface area is 117 Å². The van der Waals surface area contributed by atoms with Crippen molar-refractivity contribution >= 4 is 5.82 Å². The lowest BCUT2D eigenvalue weighted by molar-refractivity contribution is 0.547. The van der Waals surface area contributed by atoms with E-state index in [1.165, 1.54) is 0 Å². The van der Waals surface area contributed by atoms with Gasteiger partial charge in [-0.1, -0.05) is 26.8 Å². The van der Waals surface area contributed by atoms with Crippen molar-refractivity contribution in [3.63, 3.8) is 0 Å². The summed E-state index contributed by atoms with van der Waals surface area (Å²) >= 11 is 0. The van der Waals surface area contributed by atoms with Crippen molar-refractivity contribution in [2.75, 3.05) is 24.5 Å². The third-order valence-corrected chi connectivity index (χ3v) is 2.70. The average Bonchev–Trinajstić information content (AvgIpc) is 2.38. The highest BCUT2D eigenvalue weighted by Gasteiger charge is 2.06. The van der Waals surface area contributed by atoms with Gasteiger partial charge >= 0.3 is 0 Å². The molecule has 0 aliphatic rings. The van der Waals surface area contributed by atoms with Crippen LogP contribution in [-0.2, 0) is 6.54 Å². The van der Waals surface area contributed by atoms with E-state index in [9.17, 15) is 0 Å². The molecule has 0 radical (unpaired) electrons. The summed E-state index contributed by atoms with van der Waals surface area (Å²) in [5, 5.41) is 3.39. The predicted molar refractivity (Wildman–Crippen MR) is 81.3 cm³/mol. The molecule has 0 amide bonds. The second-order valence-electron chi connectivity index (χ2n) is 5.13. The van der Waals surface area contributed by atoms with Gasteiger partial charge < -0.3 is 10.2 Å². The van der Waals surface area contributed by atoms with Gasteiger partial charge in [0.2, 0.25) is 0 Å². The minimum atomic E-state index is 0.647. The summed E-state index contributed by atoms with van der Waals surface area (Å²) in [6.07, 6.45) is 6.65. The molecular formula is C15H26N4. The highest BCUT2D eigenvalue weighted by molar-refractivity contribution is 5.37. The lowest BCUT2D eigenvalue weighted by atomic mass is 10.2. The molecule has 1 rings (SSSR count). The minimum Gasteiger partial charge on any atom is -0.352 e. The van der Waals surface area contributed by atoms with Crippen molar-refractivity contribution in [3.05, 3.63) is 30.7 Å². The molecule has 0 aromatic carbocycles. The van der Waals surface area contributed by atoms with Crippen molar-refractivity contribution in [3.8, 4) is 0 Å². The van der Waals surface area contributed by atoms with Gasteiger partial charge in [0.15, 0.2) is 0 Å². The summed E-state index contributed by atoms with van der Waals surface area (Å²) in [5.41, 5.74) is 0.989. The summed E-state index contributed by atoms with van der Waals surface area (Å²) in [6.45, 7) is 13.9. The quantitative estimate of drug-likeness (QED) is 0.695. The summed E-state index contributed by atoms with van der Waals surface area (Å²) in [7, 11) is 0. The number of nitrogens with one attached hydrogen (secondary N) is 1. The molecule has 0 saturated carbocycles. The smallest absolute Gasteiger partial charge is 0.147 e. The predicted octanol–water partition coefficient (Wildman–Crippen LogP) is 2.62. The fourth-order valence-corrected chi connectivity index (χ4v) is 1.85. The van der Waals surface area contributed by atoms with Crippen molar-refractivity contribution in [2.45, 2.75) is 33.7 Å². The molecule has 1 aromatic rings. The van der Waals surface area contributed by atoms with Gasteiger partial charge in [0.1, 0.15) is 5.82 Å². The highest BCUT2D eigenvalue weighted by atomic mass is 15.2. The zero-order valence-electron chi connectivity index (χ0n) is 12.4. The van der Waals surface area contributed by atoms with Crippen LogP contribution in [0.15, 0.2) is 25.0 Å². The van der Waals surface area contributed by atoms with E-state index < -0.39 is 0 Å². The summed E-state index contributed by atoms with van der Waals surface area (Å²) in [6, 6.07) is 0. The molecule has 0 atom stereocenters. The van der Waals surface area contributed by atoms with Crippen LogP contribution in [0.2, 0.25) is 0 Å². The third-order valence-electron chi connectivity index (χ3n) is 2.70. The third kappa shape index (κ3) is 5.83. The van der Waals surface area contributed by atoms with Gasteiger partial charge in [-0.2, -0.15) is 0 Å². The zero-order valence-corrected chi connectivity index (χ0v) is 12.4. The molecule has 1 N–H and O–H groups in total. The van der Waals surface area contributed by atoms with Gasteiger partial charge in [-0.05, 0) is 18.9 Å². The van der Waals surface area contributed by atoms with E-state index in [4.69, 9.17) is 0 Å². The Bertz CT molecular complexity index is 376. The fourth-order valence-electron chi connectivity index (χ4n) is 1.85. The number of hydrogen-bond acceptors (Lipinski definition) is 4. The molecule has 106 valence electrons. The molecule has 0 spiro atoms. The normalized spacial score (nSPS) is 10.7. The topological polar surface area (TPSA) is 41.1 Å². The maximum atomic E-state index is 4.66. The van der Waals surface area contributed by atoms with E-state index in [0.29, 0.717) is 5.92 Å². The molecule has 0 unspecified atom stereocenters. The molecule has 1 heterocycles. The van der Waals surface area contributed by atoms with Crippen LogP contribution in [0.4, 0.5) is 5.82 Å². The van der Waals surface area contributed by atoms with Gasteiger partial charge in [-0.25, -0.2) is 4.98 Å². The number of anilines is 1. The maximum Gasteiger partial charge on any atom is 0.147 e. The molecule has 0 fully saturated rings. The average molecular weight is 262 g/mol. The monoisotopic (exact) mass is 262 g/mol. The van der Waals surface area contributed by atoms with Crippen molar-refractivity contribution < 1.29 is 0 Å². The second-order valence-corrected chi connectivity index (χ2v) is 5.13. The molecular weight excluding hydrogens is 236 g/mol. The second kappa shape index (κ2) is 8.64. The number of hydrogen-bond donors (Lipinski definition) is 1. The van der Waals surface area contributed by atoms with Crippen LogP contribution in [0.25, 0.3) is 0 Å². The molecule has 4 heteroatoms. The number of nitrogens with zero attached hydrogens (tertiary/aromatic N) is 3. The Morgan fingerprint density at radius 2 is 2.21 bits per heavy atom. The SMILES string of the molecule is C=CCN(CCC)c1cncc(CNCC(C)C)n1. The molecule has 0 saturated heterocycles. The van der Waals surface area contributed by atoms with Crippen LogP contribution in [0.1, 0.15) is 32.9 Å². The number of rotatable bonds is 9. The highest BCUT2D eigenvalue weighted by Crippen LogP contribution is 2.10. The van der Waals surface area contributed by atoms with Gasteiger partial charge in [-0.15, -0.1) is 6.58 Å². The molecule has 0 aliphatic heterocycles. The molecule has 0 bridgehead atoms. The van der Waals surface area contributed by atoms with Crippen molar-refractivity contribution in [2.24, 2.45) is 5.92 Å². The van der Waals surface area contributed by atoms with Gasteiger partial charge in [-0.3, -0.25) is 4.98 Å². The van der Waals surface area contributed by atoms with Crippen LogP contribution in [-0.4, -0.2) is 29.6 Å². The van der Waals surface area contributed by atoms with Gasteiger partial charge in [0.25, 0.3) is 0 Å². The first kappa shape index (κ1) is 15.6. The van der Waals surface area contributed by atoms with Crippen molar-refractivity contribution in [1.29, 1.82) is 0 Å². The molecule has 1 aromatic heterocycles. The fraction of sp³-hybridized carbons (Fsp3) is 0.600. The summed E-state index contributed by atoms with van der Waals surface area (Å²) in [5.74, 6) is 1.58. The van der Waals surface area contributed by atoms with Crippen LogP contribution >= 0.6 is 0 Å². The van der Waals surface area contributed by atoms with E-state index in [2.05, 4.69) is 47.5 Å². The molecule has 19 heavy (non-hydrogen) atoms. The standard InChI is InChI=1S/C15H26N4/c1-5-7-19(8-6-2)15-12-17-11-14(18-15)10-16-9-13(3)4/h5,11-13,16H,1,6-10H2,2-4H3. The first-order valence-electron chi connectivity index (χ1n) is 7.04. The largest absolute Gasteiger partial charge is 0.352 e. The van der Waals surface area contributed by atoms with E-state index in [1.807, 2.05) is 18.5 Å². The van der Waals surface area contributed by atoms with Crippen LogP contribution in [0.3, 0.4) is 0 Å². The van der Waals surface area contributed by atoms with E-state index in [1.54, 1.807) is 0 Å². The number of aromatic nitrogens is 2. The minimum absolute atomic E-state index is 0.647. The lowest BCUT2D eigenvalue weighted by Gasteiger charge is -2.21. The van der Waals surface area contributed by atoms with Crippen LogP contribution in [0.5, 0.6) is 0 Å². The van der Waals surface area contributed by atoms with Crippen LogP contribution < -0.4 is 10.2 Å². The Morgan fingerprint density at radius 1 is 1.42 bits per heavy atom. The Balaban J connectivity index is 2.65. The summed E-state index contributed by atoms with van der Waals surface area (Å²) < 4.78 is 0. The lowest BCUT2D eigenvalue weighted by Crippen LogP contribution is -2.26. The molecule has 4 nitrogen and oxygen atoms in total.